The molecule has 1 aromatic heterocycles. The number of rotatable bonds is 2. The van der Waals surface area contributed by atoms with Gasteiger partial charge in [-0.1, -0.05) is 0 Å². The topological polar surface area (TPSA) is 67.6 Å². The fraction of sp³-hybridized carbons (Fsp3) is 0.200. The molecule has 3 N–H and O–H groups in total. The number of alkyl halides is 6. The summed E-state index contributed by atoms with van der Waals surface area (Å²) in [7, 11) is 0. The van der Waals surface area contributed by atoms with E-state index in [2.05, 4.69) is 10.1 Å². The Balaban J connectivity index is 2.23. The summed E-state index contributed by atoms with van der Waals surface area (Å²) in [4.78, 5) is 3.30. The van der Waals surface area contributed by atoms with E-state index in [-0.39, 0.29) is 15.7 Å². The van der Waals surface area contributed by atoms with Gasteiger partial charge < -0.3 is 5.73 Å². The molecule has 0 unspecified atom stereocenters. The average molecular weight is 328 g/mol. The molecule has 1 aromatic carbocycles. The minimum absolute atomic E-state index is 0.121. The smallest absolute Gasteiger partial charge is 0.398 e. The van der Waals surface area contributed by atoms with Gasteiger partial charge in [0.15, 0.2) is 0 Å². The van der Waals surface area contributed by atoms with Crippen LogP contribution in [-0.4, -0.2) is 15.2 Å². The lowest BCUT2D eigenvalue weighted by Gasteiger charge is -2.09. The van der Waals surface area contributed by atoms with Gasteiger partial charge >= 0.3 is 12.4 Å². The molecule has 0 amide bonds. The Morgan fingerprint density at radius 1 is 1.05 bits per heavy atom. The SMILES string of the molecule is Nc1cc(C(F)(F)F)ccc1Sc1n[nH]c(C(F)(F)F)n1. The number of anilines is 1. The number of hydrogen-bond acceptors (Lipinski definition) is 4. The molecule has 11 heteroatoms. The van der Waals surface area contributed by atoms with Crippen LogP contribution in [0.5, 0.6) is 0 Å². The number of aromatic nitrogens is 3. The number of nitrogens with zero attached hydrogens (tertiary/aromatic N) is 2. The number of nitrogen functional groups attached to an aromatic ring is 1. The molecule has 0 spiro atoms. The summed E-state index contributed by atoms with van der Waals surface area (Å²) in [5.74, 6) is -1.30. The van der Waals surface area contributed by atoms with Crippen LogP contribution in [0.3, 0.4) is 0 Å². The molecule has 0 atom stereocenters. The van der Waals surface area contributed by atoms with Crippen LogP contribution in [0.15, 0.2) is 28.3 Å². The number of aromatic amines is 1. The van der Waals surface area contributed by atoms with Crippen molar-refractivity contribution in [3.05, 3.63) is 29.6 Å². The summed E-state index contributed by atoms with van der Waals surface area (Å²) in [6.45, 7) is 0. The van der Waals surface area contributed by atoms with Gasteiger partial charge in [-0.3, -0.25) is 5.10 Å². The Hall–Kier alpha value is -1.91. The Morgan fingerprint density at radius 3 is 2.19 bits per heavy atom. The maximum Gasteiger partial charge on any atom is 0.451 e. The first-order chi connectivity index (χ1) is 9.57. The maximum atomic E-state index is 12.4. The number of nitrogens with one attached hydrogen (secondary N) is 1. The van der Waals surface area contributed by atoms with E-state index < -0.39 is 23.7 Å². The standard InChI is InChI=1S/C10H6F6N4S/c11-9(12,13)4-1-2-6(5(17)3-4)21-8-18-7(19-20-8)10(14,15)16/h1-3H,17H2,(H,18,19,20). The van der Waals surface area contributed by atoms with Crippen molar-refractivity contribution < 1.29 is 26.3 Å². The Labute approximate surface area is 117 Å². The van der Waals surface area contributed by atoms with Gasteiger partial charge in [0.05, 0.1) is 5.56 Å². The highest BCUT2D eigenvalue weighted by molar-refractivity contribution is 7.99. The van der Waals surface area contributed by atoms with E-state index in [1.54, 1.807) is 5.10 Å². The van der Waals surface area contributed by atoms with Crippen LogP contribution in [0.25, 0.3) is 0 Å². The average Bonchev–Trinajstić information content (AvgIpc) is 2.78. The number of halogens is 6. The predicted octanol–water partition coefficient (Wildman–Crippen LogP) is 3.58. The van der Waals surface area contributed by atoms with Crippen molar-refractivity contribution in [2.75, 3.05) is 5.73 Å². The highest BCUT2D eigenvalue weighted by Gasteiger charge is 2.35. The van der Waals surface area contributed by atoms with Gasteiger partial charge in [-0.05, 0) is 30.0 Å². The zero-order chi connectivity index (χ0) is 15.8. The van der Waals surface area contributed by atoms with E-state index in [1.165, 1.54) is 0 Å². The monoisotopic (exact) mass is 328 g/mol. The molecule has 0 radical (unpaired) electrons. The molecule has 0 saturated heterocycles. The molecule has 0 aliphatic rings. The lowest BCUT2D eigenvalue weighted by atomic mass is 10.2. The maximum absolute atomic E-state index is 12.4. The fourth-order valence-corrected chi connectivity index (χ4v) is 2.07. The molecule has 2 rings (SSSR count). The molecule has 0 aliphatic heterocycles. The third-order valence-corrected chi connectivity index (χ3v) is 3.23. The molecular formula is C10H6F6N4S. The molecule has 1 heterocycles. The normalized spacial score (nSPS) is 12.7. The van der Waals surface area contributed by atoms with Crippen LogP contribution >= 0.6 is 11.8 Å². The second-order valence-corrected chi connectivity index (χ2v) is 4.83. The number of benzene rings is 1. The van der Waals surface area contributed by atoms with Crippen LogP contribution in [0.4, 0.5) is 32.0 Å². The van der Waals surface area contributed by atoms with Gasteiger partial charge in [-0.25, -0.2) is 0 Å². The first-order valence-corrected chi connectivity index (χ1v) is 6.03. The lowest BCUT2D eigenvalue weighted by Crippen LogP contribution is -2.07. The quantitative estimate of drug-likeness (QED) is 0.653. The summed E-state index contributed by atoms with van der Waals surface area (Å²) in [6, 6.07) is 2.52. The van der Waals surface area contributed by atoms with Gasteiger partial charge in [-0.2, -0.15) is 31.3 Å². The van der Waals surface area contributed by atoms with E-state index in [4.69, 9.17) is 5.73 Å². The lowest BCUT2D eigenvalue weighted by molar-refractivity contribution is -0.144. The molecule has 0 fully saturated rings. The molecule has 21 heavy (non-hydrogen) atoms. The van der Waals surface area contributed by atoms with Gasteiger partial charge in [0, 0.05) is 10.6 Å². The summed E-state index contributed by atoms with van der Waals surface area (Å²) >= 11 is 0.625. The van der Waals surface area contributed by atoms with E-state index in [9.17, 15) is 26.3 Å². The molecule has 2 aromatic rings. The largest absolute Gasteiger partial charge is 0.451 e. The first kappa shape index (κ1) is 15.5. The fourth-order valence-electron chi connectivity index (χ4n) is 1.33. The van der Waals surface area contributed by atoms with Crippen LogP contribution in [0.1, 0.15) is 11.4 Å². The second-order valence-electron chi connectivity index (χ2n) is 3.82. The minimum atomic E-state index is -4.68. The number of nitrogens with two attached hydrogens (primary N) is 1. The Morgan fingerprint density at radius 2 is 1.71 bits per heavy atom. The van der Waals surface area contributed by atoms with E-state index in [1.807, 2.05) is 0 Å². The second kappa shape index (κ2) is 5.13. The Bertz CT molecular complexity index is 648. The van der Waals surface area contributed by atoms with Crippen molar-refractivity contribution in [1.82, 2.24) is 15.2 Å². The van der Waals surface area contributed by atoms with Crippen molar-refractivity contribution in [3.63, 3.8) is 0 Å². The van der Waals surface area contributed by atoms with Crippen molar-refractivity contribution in [2.24, 2.45) is 0 Å². The predicted molar refractivity (Wildman–Crippen MR) is 61.4 cm³/mol. The summed E-state index contributed by atoms with van der Waals surface area (Å²) < 4.78 is 74.3. The van der Waals surface area contributed by atoms with Gasteiger partial charge in [-0.15, -0.1) is 5.10 Å². The van der Waals surface area contributed by atoms with E-state index in [0.717, 1.165) is 12.1 Å². The minimum Gasteiger partial charge on any atom is -0.398 e. The summed E-state index contributed by atoms with van der Waals surface area (Å²) in [6.07, 6.45) is -9.23. The zero-order valence-electron chi connectivity index (χ0n) is 9.88. The molecule has 0 aliphatic carbocycles. The van der Waals surface area contributed by atoms with E-state index in [0.29, 0.717) is 17.8 Å². The molecule has 4 nitrogen and oxygen atoms in total. The Kier molecular flexibility index (Phi) is 3.78. The molecule has 0 saturated carbocycles. The highest BCUT2D eigenvalue weighted by Crippen LogP contribution is 2.36. The van der Waals surface area contributed by atoms with E-state index >= 15 is 0 Å². The van der Waals surface area contributed by atoms with Crippen LogP contribution in [-0.2, 0) is 12.4 Å². The van der Waals surface area contributed by atoms with Crippen molar-refractivity contribution in [1.29, 1.82) is 0 Å². The van der Waals surface area contributed by atoms with Gasteiger partial charge in [0.2, 0.25) is 11.0 Å². The number of H-pyrrole nitrogens is 1. The summed E-state index contributed by atoms with van der Waals surface area (Å²) in [5, 5.41) is 4.72. The molecular weight excluding hydrogens is 322 g/mol. The van der Waals surface area contributed by atoms with Crippen molar-refractivity contribution in [2.45, 2.75) is 22.4 Å². The van der Waals surface area contributed by atoms with Crippen LogP contribution in [0, 0.1) is 0 Å². The third-order valence-electron chi connectivity index (χ3n) is 2.27. The van der Waals surface area contributed by atoms with Gasteiger partial charge in [0.1, 0.15) is 0 Å². The molecule has 0 bridgehead atoms. The van der Waals surface area contributed by atoms with Crippen LogP contribution in [0.2, 0.25) is 0 Å². The number of hydrogen-bond donors (Lipinski definition) is 2. The molecule has 114 valence electrons. The van der Waals surface area contributed by atoms with Crippen LogP contribution < -0.4 is 5.73 Å². The third kappa shape index (κ3) is 3.60. The van der Waals surface area contributed by atoms with Gasteiger partial charge in [0.25, 0.3) is 0 Å². The first-order valence-electron chi connectivity index (χ1n) is 5.21. The zero-order valence-corrected chi connectivity index (χ0v) is 10.7. The summed E-state index contributed by atoms with van der Waals surface area (Å²) in [5.41, 5.74) is 4.27. The van der Waals surface area contributed by atoms with Crippen molar-refractivity contribution >= 4 is 17.4 Å². The van der Waals surface area contributed by atoms with Crippen molar-refractivity contribution in [3.8, 4) is 0 Å². The highest BCUT2D eigenvalue weighted by atomic mass is 32.2.